The third kappa shape index (κ3) is 3.23. The van der Waals surface area contributed by atoms with Gasteiger partial charge in [0.25, 0.3) is 0 Å². The molecule has 17 heavy (non-hydrogen) atoms. The summed E-state index contributed by atoms with van der Waals surface area (Å²) >= 11 is 0. The van der Waals surface area contributed by atoms with Crippen LogP contribution in [0.4, 0.5) is 5.69 Å². The zero-order valence-electron chi connectivity index (χ0n) is 9.12. The van der Waals surface area contributed by atoms with E-state index in [1.54, 1.807) is 6.07 Å². The Balaban J connectivity index is 2.14. The van der Waals surface area contributed by atoms with Crippen LogP contribution in [-0.2, 0) is 4.79 Å². The minimum Gasteiger partial charge on any atom is -0.452 e. The van der Waals surface area contributed by atoms with Gasteiger partial charge < -0.3 is 10.1 Å². The second kappa shape index (κ2) is 5.02. The fraction of sp³-hybridized carbons (Fsp3) is 0.0909. The highest BCUT2D eigenvalue weighted by Crippen LogP contribution is 2.21. The van der Waals surface area contributed by atoms with E-state index < -0.39 is 0 Å². The molecule has 0 saturated carbocycles. The second-order valence-corrected chi connectivity index (χ2v) is 3.27. The van der Waals surface area contributed by atoms with Gasteiger partial charge in [-0.25, -0.2) is 9.97 Å². The maximum absolute atomic E-state index is 10.9. The first-order valence-corrected chi connectivity index (χ1v) is 4.89. The number of pyridine rings is 1. The summed E-state index contributed by atoms with van der Waals surface area (Å²) in [5.41, 5.74) is 0.576. The summed E-state index contributed by atoms with van der Waals surface area (Å²) in [5.74, 6) is 0.854. The lowest BCUT2D eigenvalue weighted by atomic mass is 10.4. The van der Waals surface area contributed by atoms with Crippen LogP contribution in [0.1, 0.15) is 6.92 Å². The van der Waals surface area contributed by atoms with Gasteiger partial charge >= 0.3 is 0 Å². The van der Waals surface area contributed by atoms with Crippen LogP contribution in [0.25, 0.3) is 0 Å². The molecule has 1 N–H and O–H groups in total. The summed E-state index contributed by atoms with van der Waals surface area (Å²) in [4.78, 5) is 22.5. The van der Waals surface area contributed by atoms with Crippen LogP contribution in [-0.4, -0.2) is 20.9 Å². The van der Waals surface area contributed by atoms with E-state index >= 15 is 0 Å². The molecule has 6 nitrogen and oxygen atoms in total. The van der Waals surface area contributed by atoms with Gasteiger partial charge in [0, 0.05) is 13.0 Å². The number of hydrogen-bond acceptors (Lipinski definition) is 5. The predicted octanol–water partition coefficient (Wildman–Crippen LogP) is 1.62. The average Bonchev–Trinajstić information content (AvgIpc) is 2.30. The van der Waals surface area contributed by atoms with Crippen LogP contribution < -0.4 is 10.1 Å². The standard InChI is InChI=1S/C11H10N4O2/c1-8(16)15-9-2-10(4-12-3-9)17-11-5-13-7-14-6-11/h2-7H,1H3,(H,15,16). The normalized spacial score (nSPS) is 9.71. The summed E-state index contributed by atoms with van der Waals surface area (Å²) in [7, 11) is 0. The Morgan fingerprint density at radius 1 is 1.12 bits per heavy atom. The first-order chi connectivity index (χ1) is 8.24. The molecule has 0 spiro atoms. The molecule has 0 aliphatic heterocycles. The molecule has 0 unspecified atom stereocenters. The Bertz CT molecular complexity index is 516. The third-order valence-corrected chi connectivity index (χ3v) is 1.81. The van der Waals surface area contributed by atoms with Crippen molar-refractivity contribution in [3.8, 4) is 11.5 Å². The number of ether oxygens (including phenoxy) is 1. The number of anilines is 1. The molecule has 0 saturated heterocycles. The lowest BCUT2D eigenvalue weighted by Gasteiger charge is -2.06. The molecule has 0 aromatic carbocycles. The van der Waals surface area contributed by atoms with E-state index in [1.165, 1.54) is 38.0 Å². The topological polar surface area (TPSA) is 77.0 Å². The van der Waals surface area contributed by atoms with Crippen LogP contribution in [0.15, 0.2) is 37.2 Å². The van der Waals surface area contributed by atoms with Gasteiger partial charge in [-0.2, -0.15) is 0 Å². The molecular formula is C11H10N4O2. The van der Waals surface area contributed by atoms with E-state index in [1.807, 2.05) is 0 Å². The maximum atomic E-state index is 10.9. The Hall–Kier alpha value is -2.50. The first kappa shape index (κ1) is 11.0. The minimum atomic E-state index is -0.160. The molecule has 0 atom stereocenters. The number of amides is 1. The van der Waals surface area contributed by atoms with Gasteiger partial charge in [-0.15, -0.1) is 0 Å². The second-order valence-electron chi connectivity index (χ2n) is 3.27. The number of aromatic nitrogens is 3. The van der Waals surface area contributed by atoms with Gasteiger partial charge in [-0.1, -0.05) is 0 Å². The van der Waals surface area contributed by atoms with E-state index in [2.05, 4.69) is 20.3 Å². The van der Waals surface area contributed by atoms with Crippen molar-refractivity contribution in [3.63, 3.8) is 0 Å². The van der Waals surface area contributed by atoms with Crippen LogP contribution in [0.3, 0.4) is 0 Å². The van der Waals surface area contributed by atoms with Crippen molar-refractivity contribution in [1.29, 1.82) is 0 Å². The Morgan fingerprint density at radius 2 is 1.82 bits per heavy atom. The highest BCUT2D eigenvalue weighted by atomic mass is 16.5. The van der Waals surface area contributed by atoms with Crippen LogP contribution in [0.2, 0.25) is 0 Å². The Labute approximate surface area is 97.7 Å². The Morgan fingerprint density at radius 3 is 2.53 bits per heavy atom. The molecule has 1 amide bonds. The summed E-state index contributed by atoms with van der Waals surface area (Å²) in [6, 6.07) is 1.67. The van der Waals surface area contributed by atoms with Gasteiger partial charge in [0.15, 0.2) is 5.75 Å². The smallest absolute Gasteiger partial charge is 0.221 e. The van der Waals surface area contributed by atoms with Gasteiger partial charge in [0.05, 0.1) is 30.5 Å². The quantitative estimate of drug-likeness (QED) is 0.866. The molecule has 0 bridgehead atoms. The average molecular weight is 230 g/mol. The minimum absolute atomic E-state index is 0.160. The van der Waals surface area contributed by atoms with Crippen molar-refractivity contribution < 1.29 is 9.53 Å². The monoisotopic (exact) mass is 230 g/mol. The van der Waals surface area contributed by atoms with Crippen LogP contribution >= 0.6 is 0 Å². The number of rotatable bonds is 3. The summed E-state index contributed by atoms with van der Waals surface area (Å²) < 4.78 is 5.46. The number of carbonyl (C=O) groups excluding carboxylic acids is 1. The molecule has 86 valence electrons. The first-order valence-electron chi connectivity index (χ1n) is 4.89. The molecule has 0 fully saturated rings. The summed E-state index contributed by atoms with van der Waals surface area (Å²) in [6.07, 6.45) is 7.57. The van der Waals surface area contributed by atoms with E-state index in [4.69, 9.17) is 4.74 Å². The molecule has 2 aromatic rings. The SMILES string of the molecule is CC(=O)Nc1cncc(Oc2cncnc2)c1. The van der Waals surface area contributed by atoms with Crippen LogP contribution in [0.5, 0.6) is 11.5 Å². The van der Waals surface area contributed by atoms with Crippen molar-refractivity contribution in [2.24, 2.45) is 0 Å². The molecule has 0 radical (unpaired) electrons. The van der Waals surface area contributed by atoms with Crippen molar-refractivity contribution in [2.45, 2.75) is 6.92 Å². The zero-order chi connectivity index (χ0) is 12.1. The predicted molar refractivity (Wildman–Crippen MR) is 60.6 cm³/mol. The molecule has 0 aliphatic rings. The highest BCUT2D eigenvalue weighted by molar-refractivity contribution is 5.88. The zero-order valence-corrected chi connectivity index (χ0v) is 9.12. The van der Waals surface area contributed by atoms with Gasteiger partial charge in [-0.3, -0.25) is 9.78 Å². The van der Waals surface area contributed by atoms with E-state index in [-0.39, 0.29) is 5.91 Å². The van der Waals surface area contributed by atoms with Gasteiger partial charge in [0.2, 0.25) is 5.91 Å². The van der Waals surface area contributed by atoms with Crippen molar-refractivity contribution in [1.82, 2.24) is 15.0 Å². The van der Waals surface area contributed by atoms with Crippen molar-refractivity contribution in [3.05, 3.63) is 37.2 Å². The third-order valence-electron chi connectivity index (χ3n) is 1.81. The fourth-order valence-corrected chi connectivity index (χ4v) is 1.22. The molecule has 2 aromatic heterocycles. The van der Waals surface area contributed by atoms with E-state index in [9.17, 15) is 4.79 Å². The summed E-state index contributed by atoms with van der Waals surface area (Å²) in [6.45, 7) is 1.43. The van der Waals surface area contributed by atoms with Crippen LogP contribution in [0, 0.1) is 0 Å². The fourth-order valence-electron chi connectivity index (χ4n) is 1.22. The number of hydrogen-bond donors (Lipinski definition) is 1. The lowest BCUT2D eigenvalue weighted by molar-refractivity contribution is -0.114. The summed E-state index contributed by atoms with van der Waals surface area (Å²) in [5, 5.41) is 2.62. The van der Waals surface area contributed by atoms with Crippen molar-refractivity contribution >= 4 is 11.6 Å². The number of carbonyl (C=O) groups is 1. The van der Waals surface area contributed by atoms with E-state index in [0.29, 0.717) is 17.2 Å². The number of nitrogens with one attached hydrogen (secondary N) is 1. The molecule has 6 heteroatoms. The highest BCUT2D eigenvalue weighted by Gasteiger charge is 2.01. The molecular weight excluding hydrogens is 220 g/mol. The van der Waals surface area contributed by atoms with E-state index in [0.717, 1.165) is 0 Å². The lowest BCUT2D eigenvalue weighted by Crippen LogP contribution is -2.05. The van der Waals surface area contributed by atoms with Gasteiger partial charge in [-0.05, 0) is 0 Å². The molecule has 0 aliphatic carbocycles. The molecule has 2 heterocycles. The van der Waals surface area contributed by atoms with Crippen molar-refractivity contribution in [2.75, 3.05) is 5.32 Å². The molecule has 2 rings (SSSR count). The maximum Gasteiger partial charge on any atom is 0.221 e. The largest absolute Gasteiger partial charge is 0.452 e. The Kier molecular flexibility index (Phi) is 3.25. The number of nitrogens with zero attached hydrogens (tertiary/aromatic N) is 3. The van der Waals surface area contributed by atoms with Gasteiger partial charge in [0.1, 0.15) is 12.1 Å².